The minimum atomic E-state index is -6.16. The van der Waals surface area contributed by atoms with Crippen LogP contribution in [-0.2, 0) is 34.8 Å². The molecule has 2 N–H and O–H groups in total. The van der Waals surface area contributed by atoms with Gasteiger partial charge in [0.15, 0.2) is 12.7 Å². The molecule has 19 heteroatoms. The Morgan fingerprint density at radius 1 is 1.10 bits per heavy atom. The van der Waals surface area contributed by atoms with E-state index in [1.165, 1.54) is 0 Å². The molecule has 0 bridgehead atoms. The lowest BCUT2D eigenvalue weighted by Crippen LogP contribution is -2.69. The van der Waals surface area contributed by atoms with E-state index in [-0.39, 0.29) is 18.2 Å². The highest BCUT2D eigenvalue weighted by molar-refractivity contribution is 6.32. The van der Waals surface area contributed by atoms with E-state index in [0.29, 0.717) is 25.1 Å². The summed E-state index contributed by atoms with van der Waals surface area (Å²) in [5.74, 6) is -10.7. The van der Waals surface area contributed by atoms with Crippen molar-refractivity contribution in [3.63, 3.8) is 0 Å². The van der Waals surface area contributed by atoms with Crippen molar-refractivity contribution >= 4 is 35.5 Å². The average Bonchev–Trinajstić information content (AvgIpc) is 2.81. The molecule has 0 heterocycles. The van der Waals surface area contributed by atoms with E-state index in [0.717, 1.165) is 0 Å². The molecule has 40 heavy (non-hydrogen) atoms. The first kappa shape index (κ1) is 31.9. The number of rotatable bonds is 9. The molecule has 0 fully saturated rings. The maximum Gasteiger partial charge on any atom is 0.466 e. The van der Waals surface area contributed by atoms with Gasteiger partial charge in [-0.05, 0) is 37.3 Å². The standard InChI is InChI=1S/C21H14ClF6NO11/c1-9(15(32)33)39-17(35)18(16(34)38-8-14(30)31)7-11(4-5-19(18,29(36)37)21(26,27)28)40-13-3-2-10(6-12(13)22)20(23,24)25/h2-7,9H,8H2,1H3,(H,30,31)(H,32,33). The van der Waals surface area contributed by atoms with Crippen molar-refractivity contribution in [1.82, 2.24) is 0 Å². The van der Waals surface area contributed by atoms with Crippen LogP contribution in [0.4, 0.5) is 26.3 Å². The molecule has 1 aromatic rings. The second kappa shape index (κ2) is 11.0. The number of carboxylic acid groups (broad SMARTS) is 2. The van der Waals surface area contributed by atoms with Gasteiger partial charge in [0.1, 0.15) is 11.5 Å². The molecule has 1 aromatic carbocycles. The maximum atomic E-state index is 14.4. The van der Waals surface area contributed by atoms with Crippen LogP contribution < -0.4 is 4.74 Å². The van der Waals surface area contributed by atoms with Gasteiger partial charge in [0.05, 0.1) is 10.6 Å². The predicted octanol–water partition coefficient (Wildman–Crippen LogP) is 3.40. The normalized spacial score (nSPS) is 21.6. The van der Waals surface area contributed by atoms with Gasteiger partial charge in [-0.3, -0.25) is 19.7 Å². The minimum Gasteiger partial charge on any atom is -0.479 e. The van der Waals surface area contributed by atoms with E-state index in [1.54, 1.807) is 0 Å². The Morgan fingerprint density at radius 2 is 1.70 bits per heavy atom. The summed E-state index contributed by atoms with van der Waals surface area (Å²) in [5, 5.41) is 28.9. The smallest absolute Gasteiger partial charge is 0.466 e. The summed E-state index contributed by atoms with van der Waals surface area (Å²) in [7, 11) is 0. The molecule has 0 spiro atoms. The second-order valence-corrected chi connectivity index (χ2v) is 8.22. The van der Waals surface area contributed by atoms with Crippen LogP contribution in [0.2, 0.25) is 5.02 Å². The largest absolute Gasteiger partial charge is 0.479 e. The number of hydrogen-bond acceptors (Lipinski definition) is 9. The number of allylic oxidation sites excluding steroid dienone is 1. The van der Waals surface area contributed by atoms with E-state index in [1.807, 2.05) is 0 Å². The predicted molar refractivity (Wildman–Crippen MR) is 114 cm³/mol. The number of nitrogens with zero attached hydrogens (tertiary/aromatic N) is 1. The van der Waals surface area contributed by atoms with E-state index < -0.39 is 86.9 Å². The Balaban J connectivity index is 2.86. The minimum absolute atomic E-state index is 0.154. The molecule has 2 rings (SSSR count). The summed E-state index contributed by atoms with van der Waals surface area (Å²) in [5.41, 5.74) is -10.4. The number of aliphatic carboxylic acids is 2. The summed E-state index contributed by atoms with van der Waals surface area (Å²) in [6.45, 7) is -1.10. The number of carbonyl (C=O) groups excluding carboxylic acids is 2. The third-order valence-electron chi connectivity index (χ3n) is 5.26. The number of benzene rings is 1. The van der Waals surface area contributed by atoms with Gasteiger partial charge >= 0.3 is 41.8 Å². The molecule has 0 saturated carbocycles. The fourth-order valence-corrected chi connectivity index (χ4v) is 3.56. The molecule has 1 aliphatic carbocycles. The second-order valence-electron chi connectivity index (χ2n) is 7.81. The topological polar surface area (TPSA) is 180 Å². The van der Waals surface area contributed by atoms with Crippen molar-refractivity contribution in [3.8, 4) is 5.75 Å². The molecule has 0 amide bonds. The molecule has 1 aliphatic rings. The lowest BCUT2D eigenvalue weighted by molar-refractivity contribution is -0.609. The zero-order valence-corrected chi connectivity index (χ0v) is 20.2. The number of halogens is 7. The van der Waals surface area contributed by atoms with Gasteiger partial charge in [-0.2, -0.15) is 26.3 Å². The number of carboxylic acids is 2. The number of alkyl halides is 6. The van der Waals surface area contributed by atoms with Gasteiger partial charge in [0.2, 0.25) is 0 Å². The van der Waals surface area contributed by atoms with Gasteiger partial charge in [0.25, 0.3) is 5.41 Å². The Bertz CT molecular complexity index is 1310. The highest BCUT2D eigenvalue weighted by atomic mass is 35.5. The number of carbonyl (C=O) groups is 4. The average molecular weight is 606 g/mol. The van der Waals surface area contributed by atoms with Crippen molar-refractivity contribution in [2.24, 2.45) is 5.41 Å². The monoisotopic (exact) mass is 605 g/mol. The zero-order chi connectivity index (χ0) is 30.8. The summed E-state index contributed by atoms with van der Waals surface area (Å²) in [6, 6.07) is 1.37. The van der Waals surface area contributed by atoms with Crippen LogP contribution >= 0.6 is 11.6 Å². The molecule has 3 unspecified atom stereocenters. The number of ether oxygens (including phenoxy) is 3. The van der Waals surface area contributed by atoms with Gasteiger partial charge < -0.3 is 24.4 Å². The van der Waals surface area contributed by atoms with E-state index in [4.69, 9.17) is 26.6 Å². The van der Waals surface area contributed by atoms with Crippen molar-refractivity contribution < 1.29 is 74.9 Å². The Morgan fingerprint density at radius 3 is 2.15 bits per heavy atom. The van der Waals surface area contributed by atoms with E-state index >= 15 is 0 Å². The summed E-state index contributed by atoms with van der Waals surface area (Å²) >= 11 is 5.74. The van der Waals surface area contributed by atoms with E-state index in [2.05, 4.69) is 9.47 Å². The maximum absolute atomic E-state index is 14.4. The number of nitro groups is 1. The Kier molecular flexibility index (Phi) is 8.78. The van der Waals surface area contributed by atoms with Gasteiger partial charge in [-0.25, -0.2) is 9.59 Å². The fraction of sp³-hybridized carbons (Fsp3) is 0.333. The summed E-state index contributed by atoms with van der Waals surface area (Å²) in [4.78, 5) is 57.9. The molecular weight excluding hydrogens is 592 g/mol. The third-order valence-corrected chi connectivity index (χ3v) is 5.55. The highest BCUT2D eigenvalue weighted by Crippen LogP contribution is 2.53. The zero-order valence-electron chi connectivity index (χ0n) is 19.4. The first-order valence-electron chi connectivity index (χ1n) is 10.2. The Hall–Kier alpha value is -4.35. The molecule has 218 valence electrons. The van der Waals surface area contributed by atoms with Crippen molar-refractivity contribution in [3.05, 3.63) is 62.9 Å². The van der Waals surface area contributed by atoms with Crippen LogP contribution in [0.1, 0.15) is 12.5 Å². The quantitative estimate of drug-likeness (QED) is 0.138. The van der Waals surface area contributed by atoms with Crippen molar-refractivity contribution in [2.75, 3.05) is 6.61 Å². The van der Waals surface area contributed by atoms with Crippen molar-refractivity contribution in [2.45, 2.75) is 30.9 Å². The molecule has 3 atom stereocenters. The fourth-order valence-electron chi connectivity index (χ4n) is 3.34. The van der Waals surface area contributed by atoms with Crippen LogP contribution in [0.5, 0.6) is 5.75 Å². The molecule has 12 nitrogen and oxygen atoms in total. The van der Waals surface area contributed by atoms with Gasteiger partial charge in [-0.15, -0.1) is 0 Å². The van der Waals surface area contributed by atoms with Gasteiger partial charge in [0, 0.05) is 11.0 Å². The molecule has 0 radical (unpaired) electrons. The summed E-state index contributed by atoms with van der Waals surface area (Å²) < 4.78 is 95.6. The first-order valence-corrected chi connectivity index (χ1v) is 10.6. The van der Waals surface area contributed by atoms with Crippen LogP contribution in [0.25, 0.3) is 0 Å². The van der Waals surface area contributed by atoms with Gasteiger partial charge in [-0.1, -0.05) is 11.6 Å². The first-order chi connectivity index (χ1) is 18.2. The lowest BCUT2D eigenvalue weighted by atomic mass is 9.66. The SMILES string of the molecule is CC(OC(=O)C1(C(=O)OCC(=O)O)C=C(Oc2ccc(C(F)(F)F)cc2Cl)C=CC1([N+](=O)[O-])C(F)(F)F)C(=O)O. The number of hydrogen-bond donors (Lipinski definition) is 2. The lowest BCUT2D eigenvalue weighted by Gasteiger charge is -2.39. The van der Waals surface area contributed by atoms with Crippen LogP contribution in [0, 0.1) is 15.5 Å². The van der Waals surface area contributed by atoms with Crippen molar-refractivity contribution in [1.29, 1.82) is 0 Å². The molecule has 0 aliphatic heterocycles. The summed E-state index contributed by atoms with van der Waals surface area (Å²) in [6.07, 6.45) is -13.6. The highest BCUT2D eigenvalue weighted by Gasteiger charge is 2.83. The molecular formula is C21H14ClF6NO11. The Labute approximate surface area is 222 Å². The number of esters is 2. The molecule has 0 aromatic heterocycles. The van der Waals surface area contributed by atoms with Crippen LogP contribution in [0.3, 0.4) is 0 Å². The molecule has 0 saturated heterocycles. The van der Waals surface area contributed by atoms with E-state index in [9.17, 15) is 55.6 Å². The van der Waals surface area contributed by atoms with Crippen LogP contribution in [0.15, 0.2) is 42.2 Å². The third kappa shape index (κ3) is 5.80. The van der Waals surface area contributed by atoms with Crippen LogP contribution in [-0.4, -0.2) is 63.4 Å².